The van der Waals surface area contributed by atoms with Crippen molar-refractivity contribution in [2.24, 2.45) is 5.92 Å². The van der Waals surface area contributed by atoms with Crippen LogP contribution in [-0.4, -0.2) is 65.1 Å². The fraction of sp³-hybridized carbons (Fsp3) is 0.600. The van der Waals surface area contributed by atoms with Crippen LogP contribution in [0.15, 0.2) is 18.3 Å². The first-order chi connectivity index (χ1) is 9.81. The molecule has 1 aromatic rings. The van der Waals surface area contributed by atoms with E-state index in [0.717, 1.165) is 6.54 Å². The molecule has 1 heterocycles. The van der Waals surface area contributed by atoms with Crippen LogP contribution < -0.4 is 0 Å². The lowest BCUT2D eigenvalue weighted by atomic mass is 10.2. The first-order valence-corrected chi connectivity index (χ1v) is 7.12. The van der Waals surface area contributed by atoms with Crippen molar-refractivity contribution in [2.45, 2.75) is 20.4 Å². The van der Waals surface area contributed by atoms with E-state index in [-0.39, 0.29) is 12.5 Å². The molecule has 0 unspecified atom stereocenters. The first-order valence-electron chi connectivity index (χ1n) is 7.12. The molecule has 6 heteroatoms. The minimum Gasteiger partial charge on any atom is -0.480 e. The molecule has 1 rings (SSSR count). The Morgan fingerprint density at radius 1 is 1.29 bits per heavy atom. The highest BCUT2D eigenvalue weighted by atomic mass is 16.4. The summed E-state index contributed by atoms with van der Waals surface area (Å²) >= 11 is 0. The lowest BCUT2D eigenvalue weighted by molar-refractivity contribution is -0.137. The van der Waals surface area contributed by atoms with Gasteiger partial charge < -0.3 is 19.5 Å². The molecular formula is C15H25N3O3. The third kappa shape index (κ3) is 5.59. The van der Waals surface area contributed by atoms with Crippen molar-refractivity contribution in [3.05, 3.63) is 24.0 Å². The summed E-state index contributed by atoms with van der Waals surface area (Å²) in [5.74, 6) is -0.709. The van der Waals surface area contributed by atoms with Crippen molar-refractivity contribution >= 4 is 11.9 Å². The summed E-state index contributed by atoms with van der Waals surface area (Å²) < 4.78 is 1.48. The molecule has 0 spiro atoms. The molecule has 0 bridgehead atoms. The molecule has 1 N–H and O–H groups in total. The number of carbonyl (C=O) groups is 2. The summed E-state index contributed by atoms with van der Waals surface area (Å²) in [6.07, 6.45) is 1.63. The molecule has 6 nitrogen and oxygen atoms in total. The van der Waals surface area contributed by atoms with Crippen molar-refractivity contribution in [2.75, 3.05) is 33.7 Å². The van der Waals surface area contributed by atoms with Crippen LogP contribution in [-0.2, 0) is 11.3 Å². The van der Waals surface area contributed by atoms with Gasteiger partial charge in [0.1, 0.15) is 12.2 Å². The van der Waals surface area contributed by atoms with Crippen molar-refractivity contribution < 1.29 is 14.7 Å². The Labute approximate surface area is 126 Å². The highest BCUT2D eigenvalue weighted by Crippen LogP contribution is 2.09. The molecule has 0 fully saturated rings. The second kappa shape index (κ2) is 7.83. The van der Waals surface area contributed by atoms with E-state index >= 15 is 0 Å². The van der Waals surface area contributed by atoms with Gasteiger partial charge in [0.2, 0.25) is 0 Å². The zero-order chi connectivity index (χ0) is 16.0. The molecule has 21 heavy (non-hydrogen) atoms. The van der Waals surface area contributed by atoms with Gasteiger partial charge in [0.05, 0.1) is 0 Å². The summed E-state index contributed by atoms with van der Waals surface area (Å²) in [6, 6.07) is 3.38. The largest absolute Gasteiger partial charge is 0.480 e. The fourth-order valence-electron chi connectivity index (χ4n) is 2.09. The normalized spacial score (nSPS) is 11.1. The van der Waals surface area contributed by atoms with Crippen molar-refractivity contribution in [3.8, 4) is 0 Å². The average Bonchev–Trinajstić information content (AvgIpc) is 2.80. The summed E-state index contributed by atoms with van der Waals surface area (Å²) in [5, 5.41) is 8.90. The number of likely N-dealkylation sites (N-methyl/N-ethyl adjacent to an activating group) is 1. The van der Waals surface area contributed by atoms with Gasteiger partial charge in [0.25, 0.3) is 5.91 Å². The second-order valence-corrected chi connectivity index (χ2v) is 5.86. The Hall–Kier alpha value is -1.82. The molecule has 0 radical (unpaired) electrons. The van der Waals surface area contributed by atoms with E-state index in [9.17, 15) is 9.59 Å². The van der Waals surface area contributed by atoms with E-state index in [1.807, 2.05) is 19.0 Å². The van der Waals surface area contributed by atoms with Gasteiger partial charge in [0.15, 0.2) is 0 Å². The predicted octanol–water partition coefficient (Wildman–Crippen LogP) is 1.23. The Morgan fingerprint density at radius 2 is 1.95 bits per heavy atom. The first kappa shape index (κ1) is 17.2. The summed E-state index contributed by atoms with van der Waals surface area (Å²) in [5.41, 5.74) is 0.428. The van der Waals surface area contributed by atoms with Crippen LogP contribution >= 0.6 is 0 Å². The third-order valence-corrected chi connectivity index (χ3v) is 3.04. The molecule has 0 saturated heterocycles. The molecular weight excluding hydrogens is 270 g/mol. The van der Waals surface area contributed by atoms with Crippen LogP contribution in [0.4, 0.5) is 0 Å². The minimum atomic E-state index is -0.955. The Kier molecular flexibility index (Phi) is 6.42. The fourth-order valence-corrected chi connectivity index (χ4v) is 2.09. The second-order valence-electron chi connectivity index (χ2n) is 5.86. The molecule has 0 aliphatic carbocycles. The number of hydrogen-bond donors (Lipinski definition) is 1. The van der Waals surface area contributed by atoms with Gasteiger partial charge >= 0.3 is 5.97 Å². The summed E-state index contributed by atoms with van der Waals surface area (Å²) in [6.45, 7) is 5.99. The smallest absolute Gasteiger partial charge is 0.323 e. The molecule has 1 amide bonds. The van der Waals surface area contributed by atoms with Gasteiger partial charge in [-0.1, -0.05) is 13.8 Å². The van der Waals surface area contributed by atoms with Crippen LogP contribution in [0.2, 0.25) is 0 Å². The molecule has 118 valence electrons. The van der Waals surface area contributed by atoms with Gasteiger partial charge in [0, 0.05) is 25.8 Å². The maximum absolute atomic E-state index is 12.6. The Bertz CT molecular complexity index is 480. The van der Waals surface area contributed by atoms with Gasteiger partial charge in [-0.2, -0.15) is 0 Å². The molecule has 0 aliphatic heterocycles. The minimum absolute atomic E-state index is 0.114. The standard InChI is InChI=1S/C15H25N3O3/c1-12(2)10-18(9-8-16(3)4)15(21)13-6-5-7-17(13)11-14(19)20/h5-7,12H,8-11H2,1-4H3,(H,19,20). The Morgan fingerprint density at radius 3 is 2.48 bits per heavy atom. The van der Waals surface area contributed by atoms with Crippen LogP contribution in [0.5, 0.6) is 0 Å². The predicted molar refractivity (Wildman–Crippen MR) is 81.4 cm³/mol. The number of nitrogens with zero attached hydrogens (tertiary/aromatic N) is 3. The number of carboxylic acids is 1. The van der Waals surface area contributed by atoms with Crippen LogP contribution in [0.3, 0.4) is 0 Å². The number of hydrogen-bond acceptors (Lipinski definition) is 3. The number of amides is 1. The number of rotatable bonds is 8. The average molecular weight is 295 g/mol. The number of carbonyl (C=O) groups excluding carboxylic acids is 1. The quantitative estimate of drug-likeness (QED) is 0.783. The zero-order valence-electron chi connectivity index (χ0n) is 13.2. The Balaban J connectivity index is 2.88. The molecule has 0 aromatic carbocycles. The number of aromatic nitrogens is 1. The van der Waals surface area contributed by atoms with Crippen LogP contribution in [0.1, 0.15) is 24.3 Å². The lowest BCUT2D eigenvalue weighted by Crippen LogP contribution is -2.40. The molecule has 0 aliphatic rings. The van der Waals surface area contributed by atoms with Gasteiger partial charge in [-0.05, 0) is 32.1 Å². The molecule has 0 saturated carbocycles. The van der Waals surface area contributed by atoms with Crippen molar-refractivity contribution in [1.29, 1.82) is 0 Å². The topological polar surface area (TPSA) is 65.8 Å². The highest BCUT2D eigenvalue weighted by Gasteiger charge is 2.20. The van der Waals surface area contributed by atoms with Gasteiger partial charge in [-0.15, -0.1) is 0 Å². The van der Waals surface area contributed by atoms with Crippen molar-refractivity contribution in [3.63, 3.8) is 0 Å². The van der Waals surface area contributed by atoms with Crippen molar-refractivity contribution in [1.82, 2.24) is 14.4 Å². The van der Waals surface area contributed by atoms with Gasteiger partial charge in [-0.3, -0.25) is 9.59 Å². The number of aliphatic carboxylic acids is 1. The summed E-state index contributed by atoms with van der Waals surface area (Å²) in [7, 11) is 3.93. The molecule has 0 atom stereocenters. The monoisotopic (exact) mass is 295 g/mol. The maximum atomic E-state index is 12.6. The van der Waals surface area contributed by atoms with Crippen LogP contribution in [0, 0.1) is 5.92 Å². The molecule has 1 aromatic heterocycles. The van der Waals surface area contributed by atoms with E-state index in [0.29, 0.717) is 24.7 Å². The zero-order valence-corrected chi connectivity index (χ0v) is 13.2. The van der Waals surface area contributed by atoms with E-state index in [1.165, 1.54) is 4.57 Å². The lowest BCUT2D eigenvalue weighted by Gasteiger charge is -2.26. The van der Waals surface area contributed by atoms with E-state index in [1.54, 1.807) is 23.2 Å². The number of carboxylic acid groups (broad SMARTS) is 1. The van der Waals surface area contributed by atoms with E-state index in [2.05, 4.69) is 13.8 Å². The SMILES string of the molecule is CC(C)CN(CCN(C)C)C(=O)c1cccn1CC(=O)O. The summed E-state index contributed by atoms with van der Waals surface area (Å²) in [4.78, 5) is 27.3. The van der Waals surface area contributed by atoms with Gasteiger partial charge in [-0.25, -0.2) is 0 Å². The highest BCUT2D eigenvalue weighted by molar-refractivity contribution is 5.93. The van der Waals surface area contributed by atoms with E-state index < -0.39 is 5.97 Å². The maximum Gasteiger partial charge on any atom is 0.323 e. The van der Waals surface area contributed by atoms with E-state index in [4.69, 9.17) is 5.11 Å². The van der Waals surface area contributed by atoms with Crippen LogP contribution in [0.25, 0.3) is 0 Å². The third-order valence-electron chi connectivity index (χ3n) is 3.04.